The summed E-state index contributed by atoms with van der Waals surface area (Å²) in [6.45, 7) is 2.05. The lowest BCUT2D eigenvalue weighted by Gasteiger charge is -2.17. The van der Waals surface area contributed by atoms with E-state index in [9.17, 15) is 9.59 Å². The zero-order chi connectivity index (χ0) is 18.5. The molecule has 7 heteroatoms. The molecule has 0 amide bonds. The van der Waals surface area contributed by atoms with Gasteiger partial charge in [-0.1, -0.05) is 30.3 Å². The van der Waals surface area contributed by atoms with Crippen LogP contribution < -0.4 is 5.56 Å². The summed E-state index contributed by atoms with van der Waals surface area (Å²) in [7, 11) is 0. The Kier molecular flexibility index (Phi) is 3.72. The summed E-state index contributed by atoms with van der Waals surface area (Å²) in [5.41, 5.74) is 1.50. The van der Waals surface area contributed by atoms with E-state index in [0.29, 0.717) is 21.7 Å². The van der Waals surface area contributed by atoms with E-state index < -0.39 is 0 Å². The predicted octanol–water partition coefficient (Wildman–Crippen LogP) is 3.61. The quantitative estimate of drug-likeness (QED) is 0.508. The molecule has 1 aliphatic rings. The van der Waals surface area contributed by atoms with Crippen LogP contribution in [-0.4, -0.2) is 20.8 Å². The molecule has 0 saturated heterocycles. The molecule has 27 heavy (non-hydrogen) atoms. The third-order valence-electron chi connectivity index (χ3n) is 5.18. The van der Waals surface area contributed by atoms with Crippen molar-refractivity contribution in [2.75, 3.05) is 0 Å². The standard InChI is InChI=1S/C20H17N3O3S/c1-11-6-7-13-17(8-11)27-19-18(13)20(25)23(22-21-19)10-14(24)16-9-12-4-2-3-5-15(12)26-16/h2-5,9,11H,6-8,10H2,1H3/t11-/m1/s1. The molecule has 1 atom stereocenters. The number of rotatable bonds is 3. The second-order valence-corrected chi connectivity index (χ2v) is 8.24. The van der Waals surface area contributed by atoms with Gasteiger partial charge in [-0.05, 0) is 42.9 Å². The van der Waals surface area contributed by atoms with E-state index in [0.717, 1.165) is 34.9 Å². The number of carbonyl (C=O) groups is 1. The van der Waals surface area contributed by atoms with Gasteiger partial charge in [-0.25, -0.2) is 4.68 Å². The fraction of sp³-hybridized carbons (Fsp3) is 0.300. The first-order valence-electron chi connectivity index (χ1n) is 9.00. The second kappa shape index (κ2) is 6.13. The number of nitrogens with zero attached hydrogens (tertiary/aromatic N) is 3. The number of benzene rings is 1. The molecule has 0 fully saturated rings. The minimum Gasteiger partial charge on any atom is -0.453 e. The van der Waals surface area contributed by atoms with Gasteiger partial charge in [0.1, 0.15) is 12.1 Å². The van der Waals surface area contributed by atoms with Crippen molar-refractivity contribution in [1.82, 2.24) is 15.0 Å². The van der Waals surface area contributed by atoms with Crippen LogP contribution in [0.2, 0.25) is 0 Å². The maximum absolute atomic E-state index is 13.0. The number of aromatic nitrogens is 3. The number of thiophene rings is 1. The van der Waals surface area contributed by atoms with Crippen molar-refractivity contribution in [3.63, 3.8) is 0 Å². The molecule has 0 saturated carbocycles. The number of hydrogen-bond acceptors (Lipinski definition) is 6. The van der Waals surface area contributed by atoms with Gasteiger partial charge in [-0.3, -0.25) is 9.59 Å². The normalized spacial score (nSPS) is 16.7. The van der Waals surface area contributed by atoms with Gasteiger partial charge in [0.15, 0.2) is 10.6 Å². The lowest BCUT2D eigenvalue weighted by atomic mass is 9.89. The largest absolute Gasteiger partial charge is 0.453 e. The van der Waals surface area contributed by atoms with E-state index >= 15 is 0 Å². The van der Waals surface area contributed by atoms with Crippen molar-refractivity contribution < 1.29 is 9.21 Å². The topological polar surface area (TPSA) is 78.0 Å². The van der Waals surface area contributed by atoms with Gasteiger partial charge in [0.05, 0.1) is 5.39 Å². The van der Waals surface area contributed by atoms with Gasteiger partial charge >= 0.3 is 0 Å². The Morgan fingerprint density at radius 1 is 1.37 bits per heavy atom. The smallest absolute Gasteiger partial charge is 0.279 e. The maximum Gasteiger partial charge on any atom is 0.279 e. The average Bonchev–Trinajstić information content (AvgIpc) is 3.25. The summed E-state index contributed by atoms with van der Waals surface area (Å²) in [6, 6.07) is 9.12. The lowest BCUT2D eigenvalue weighted by Crippen LogP contribution is -2.28. The van der Waals surface area contributed by atoms with Crippen LogP contribution in [-0.2, 0) is 19.4 Å². The maximum atomic E-state index is 13.0. The number of hydrogen-bond donors (Lipinski definition) is 0. The number of furan rings is 1. The minimum atomic E-state index is -0.292. The van der Waals surface area contributed by atoms with E-state index in [-0.39, 0.29) is 23.6 Å². The molecule has 0 aliphatic heterocycles. The van der Waals surface area contributed by atoms with Crippen LogP contribution in [0.4, 0.5) is 0 Å². The number of fused-ring (bicyclic) bond motifs is 4. The first-order chi connectivity index (χ1) is 13.1. The predicted molar refractivity (Wildman–Crippen MR) is 103 cm³/mol. The van der Waals surface area contributed by atoms with Crippen molar-refractivity contribution in [2.45, 2.75) is 32.7 Å². The highest BCUT2D eigenvalue weighted by atomic mass is 32.1. The highest BCUT2D eigenvalue weighted by molar-refractivity contribution is 7.18. The van der Waals surface area contributed by atoms with Crippen LogP contribution in [0.15, 0.2) is 39.5 Å². The number of para-hydroxylation sites is 1. The molecule has 3 aromatic heterocycles. The monoisotopic (exact) mass is 379 g/mol. The Morgan fingerprint density at radius 3 is 3.07 bits per heavy atom. The molecule has 0 bridgehead atoms. The Bertz CT molecular complexity index is 1220. The third kappa shape index (κ3) is 2.70. The Labute approximate surface area is 158 Å². The summed E-state index contributed by atoms with van der Waals surface area (Å²) in [5.74, 6) is 0.557. The summed E-state index contributed by atoms with van der Waals surface area (Å²) < 4.78 is 6.76. The SMILES string of the molecule is C[C@@H]1CCc2c(sc3nnn(CC(=O)c4cc5ccccc5o4)c(=O)c23)C1. The first kappa shape index (κ1) is 16.4. The molecular formula is C20H17N3O3S. The van der Waals surface area contributed by atoms with Gasteiger partial charge in [0, 0.05) is 10.3 Å². The van der Waals surface area contributed by atoms with Crippen molar-refractivity contribution in [2.24, 2.45) is 5.92 Å². The zero-order valence-corrected chi connectivity index (χ0v) is 15.6. The summed E-state index contributed by atoms with van der Waals surface area (Å²) in [5, 5.41) is 9.69. The molecule has 0 radical (unpaired) electrons. The second-order valence-electron chi connectivity index (χ2n) is 7.16. The van der Waals surface area contributed by atoms with Crippen molar-refractivity contribution in [1.29, 1.82) is 0 Å². The first-order valence-corrected chi connectivity index (χ1v) is 9.81. The fourth-order valence-corrected chi connectivity index (χ4v) is 5.05. The zero-order valence-electron chi connectivity index (χ0n) is 14.8. The van der Waals surface area contributed by atoms with Crippen LogP contribution in [0.3, 0.4) is 0 Å². The van der Waals surface area contributed by atoms with E-state index in [1.54, 1.807) is 17.4 Å². The average molecular weight is 379 g/mol. The van der Waals surface area contributed by atoms with Gasteiger partial charge < -0.3 is 4.42 Å². The molecule has 1 aliphatic carbocycles. The van der Waals surface area contributed by atoms with Gasteiger partial charge in [0.2, 0.25) is 5.78 Å². The van der Waals surface area contributed by atoms with Crippen LogP contribution in [0, 0.1) is 5.92 Å². The molecule has 0 unspecified atom stereocenters. The Balaban J connectivity index is 1.52. The van der Waals surface area contributed by atoms with Crippen LogP contribution >= 0.6 is 11.3 Å². The fourth-order valence-electron chi connectivity index (χ4n) is 3.73. The van der Waals surface area contributed by atoms with Gasteiger partial charge in [0.25, 0.3) is 5.56 Å². The van der Waals surface area contributed by atoms with Crippen molar-refractivity contribution in [3.05, 3.63) is 56.9 Å². The molecule has 0 spiro atoms. The molecule has 1 aromatic carbocycles. The van der Waals surface area contributed by atoms with Crippen molar-refractivity contribution in [3.8, 4) is 0 Å². The van der Waals surface area contributed by atoms with E-state index in [1.807, 2.05) is 24.3 Å². The highest BCUT2D eigenvalue weighted by Gasteiger charge is 2.24. The molecule has 3 heterocycles. The Morgan fingerprint density at radius 2 is 2.22 bits per heavy atom. The highest BCUT2D eigenvalue weighted by Crippen LogP contribution is 2.35. The number of Topliss-reactive ketones (excluding diaryl/α,β-unsaturated/α-hetero) is 1. The van der Waals surface area contributed by atoms with Gasteiger partial charge in [-0.15, -0.1) is 16.4 Å². The lowest BCUT2D eigenvalue weighted by molar-refractivity contribution is 0.0939. The molecule has 4 aromatic rings. The summed E-state index contributed by atoms with van der Waals surface area (Å²) >= 11 is 1.55. The number of carbonyl (C=O) groups excluding carboxylic acids is 1. The number of aryl methyl sites for hydroxylation is 1. The van der Waals surface area contributed by atoms with Crippen LogP contribution in [0.5, 0.6) is 0 Å². The Hall–Kier alpha value is -2.80. The van der Waals surface area contributed by atoms with Crippen LogP contribution in [0.25, 0.3) is 21.2 Å². The summed E-state index contributed by atoms with van der Waals surface area (Å²) in [6.07, 6.45) is 2.93. The van der Waals surface area contributed by atoms with E-state index in [1.165, 1.54) is 4.88 Å². The van der Waals surface area contributed by atoms with Crippen molar-refractivity contribution >= 4 is 38.3 Å². The van der Waals surface area contributed by atoms with E-state index in [2.05, 4.69) is 17.2 Å². The third-order valence-corrected chi connectivity index (χ3v) is 6.32. The number of ketones is 1. The molecule has 6 nitrogen and oxygen atoms in total. The molecular weight excluding hydrogens is 362 g/mol. The molecule has 5 rings (SSSR count). The van der Waals surface area contributed by atoms with Crippen LogP contribution in [0.1, 0.15) is 34.3 Å². The van der Waals surface area contributed by atoms with Gasteiger partial charge in [-0.2, -0.15) is 0 Å². The molecule has 0 N–H and O–H groups in total. The molecule has 136 valence electrons. The minimum absolute atomic E-state index is 0.178. The van der Waals surface area contributed by atoms with E-state index in [4.69, 9.17) is 4.42 Å². The summed E-state index contributed by atoms with van der Waals surface area (Å²) in [4.78, 5) is 27.5.